The number of hydrogen-bond donors (Lipinski definition) is 0. The Morgan fingerprint density at radius 1 is 1.32 bits per heavy atom. The summed E-state index contributed by atoms with van der Waals surface area (Å²) in [5, 5.41) is 4.48. The van der Waals surface area contributed by atoms with E-state index in [1.807, 2.05) is 42.6 Å². The lowest BCUT2D eigenvalue weighted by molar-refractivity contribution is -0.128. The number of rotatable bonds is 4. The zero-order chi connectivity index (χ0) is 13.8. The first-order valence-corrected chi connectivity index (χ1v) is 6.93. The second-order valence-electron chi connectivity index (χ2n) is 4.49. The van der Waals surface area contributed by atoms with Crippen LogP contribution in [0.3, 0.4) is 0 Å². The molecule has 0 N–H and O–H groups in total. The highest BCUT2D eigenvalue weighted by Crippen LogP contribution is 2.16. The average molecular weight is 322 g/mol. The highest BCUT2D eigenvalue weighted by Gasteiger charge is 2.17. The maximum atomic E-state index is 11.8. The molecule has 1 heterocycles. The summed E-state index contributed by atoms with van der Waals surface area (Å²) in [5.74, 6) is 0.0387. The Balaban J connectivity index is 2.08. The second kappa shape index (κ2) is 6.02. The minimum absolute atomic E-state index is 0.0387. The van der Waals surface area contributed by atoms with E-state index in [1.165, 1.54) is 0 Å². The Morgan fingerprint density at radius 3 is 2.63 bits per heavy atom. The molecule has 0 bridgehead atoms. The van der Waals surface area contributed by atoms with Crippen molar-refractivity contribution in [3.8, 4) is 11.3 Å². The fourth-order valence-electron chi connectivity index (χ4n) is 1.75. The fourth-order valence-corrected chi connectivity index (χ4v) is 2.45. The van der Waals surface area contributed by atoms with Crippen LogP contribution in [0.1, 0.15) is 0 Å². The average Bonchev–Trinajstić information content (AvgIpc) is 2.87. The summed E-state index contributed by atoms with van der Waals surface area (Å²) in [5.41, 5.74) is 1.99. The third-order valence-electron chi connectivity index (χ3n) is 2.77. The van der Waals surface area contributed by atoms with Crippen LogP contribution in [0, 0.1) is 0 Å². The van der Waals surface area contributed by atoms with Gasteiger partial charge in [0.2, 0.25) is 5.91 Å². The predicted molar refractivity (Wildman–Crippen MR) is 79.1 cm³/mol. The van der Waals surface area contributed by atoms with Crippen LogP contribution in [0.4, 0.5) is 0 Å². The van der Waals surface area contributed by atoms with Crippen LogP contribution in [0.5, 0.6) is 0 Å². The molecular formula is C14H16BrN3O. The van der Waals surface area contributed by atoms with Crippen LogP contribution in [-0.4, -0.2) is 39.5 Å². The first-order valence-electron chi connectivity index (χ1n) is 6.02. The molecule has 100 valence electrons. The third-order valence-corrected chi connectivity index (χ3v) is 3.45. The number of hydrogen-bond acceptors (Lipinski definition) is 2. The molecule has 1 atom stereocenters. The Bertz CT molecular complexity index is 551. The molecule has 0 aliphatic carbocycles. The first-order chi connectivity index (χ1) is 9.08. The molecule has 1 aromatic carbocycles. The van der Waals surface area contributed by atoms with E-state index in [-0.39, 0.29) is 10.7 Å². The second-order valence-corrected chi connectivity index (χ2v) is 5.59. The maximum absolute atomic E-state index is 11.8. The minimum Gasteiger partial charge on any atom is -0.348 e. The Morgan fingerprint density at radius 2 is 2.00 bits per heavy atom. The van der Waals surface area contributed by atoms with Crippen molar-refractivity contribution >= 4 is 21.8 Å². The van der Waals surface area contributed by atoms with E-state index in [2.05, 4.69) is 21.0 Å². The van der Waals surface area contributed by atoms with Crippen LogP contribution in [0.25, 0.3) is 11.3 Å². The van der Waals surface area contributed by atoms with Crippen molar-refractivity contribution in [1.29, 1.82) is 0 Å². The number of benzene rings is 1. The van der Waals surface area contributed by atoms with Crippen molar-refractivity contribution in [2.45, 2.75) is 11.4 Å². The van der Waals surface area contributed by atoms with Gasteiger partial charge in [0.1, 0.15) is 4.83 Å². The van der Waals surface area contributed by atoms with Gasteiger partial charge in [0.05, 0.1) is 12.2 Å². The number of aromatic nitrogens is 2. The van der Waals surface area contributed by atoms with E-state index in [0.717, 1.165) is 11.3 Å². The smallest absolute Gasteiger partial charge is 0.237 e. The Kier molecular flexibility index (Phi) is 4.37. The van der Waals surface area contributed by atoms with E-state index in [9.17, 15) is 4.79 Å². The minimum atomic E-state index is -0.258. The largest absolute Gasteiger partial charge is 0.348 e. The highest BCUT2D eigenvalue weighted by molar-refractivity contribution is 9.10. The summed E-state index contributed by atoms with van der Waals surface area (Å²) in [6.45, 7) is 0.518. The number of halogens is 1. The van der Waals surface area contributed by atoms with Crippen molar-refractivity contribution in [3.63, 3.8) is 0 Å². The van der Waals surface area contributed by atoms with E-state index in [4.69, 9.17) is 0 Å². The molecule has 0 aliphatic heterocycles. The molecule has 1 unspecified atom stereocenters. The van der Waals surface area contributed by atoms with E-state index < -0.39 is 0 Å². The molecule has 0 saturated heterocycles. The number of carbonyl (C=O) groups excluding carboxylic acids is 1. The number of alkyl halides is 1. The standard InChI is InChI=1S/C14H16BrN3O/c1-17(2)14(19)12(15)10-18-9-8-13(16-18)11-6-4-3-5-7-11/h3-9,12H,10H2,1-2H3. The summed E-state index contributed by atoms with van der Waals surface area (Å²) in [6.07, 6.45) is 1.89. The summed E-state index contributed by atoms with van der Waals surface area (Å²) in [4.78, 5) is 13.1. The summed E-state index contributed by atoms with van der Waals surface area (Å²) in [7, 11) is 3.49. The zero-order valence-electron chi connectivity index (χ0n) is 11.0. The maximum Gasteiger partial charge on any atom is 0.237 e. The molecule has 0 fully saturated rings. The van der Waals surface area contributed by atoms with Crippen LogP contribution in [0.2, 0.25) is 0 Å². The quantitative estimate of drug-likeness (QED) is 0.811. The lowest BCUT2D eigenvalue weighted by Gasteiger charge is -2.15. The van der Waals surface area contributed by atoms with Gasteiger partial charge >= 0.3 is 0 Å². The van der Waals surface area contributed by atoms with Crippen LogP contribution >= 0.6 is 15.9 Å². The molecule has 0 spiro atoms. The molecule has 0 saturated carbocycles. The summed E-state index contributed by atoms with van der Waals surface area (Å²) < 4.78 is 1.78. The van der Waals surface area contributed by atoms with Gasteiger partial charge in [-0.2, -0.15) is 5.10 Å². The topological polar surface area (TPSA) is 38.1 Å². The molecule has 0 aliphatic rings. The van der Waals surface area contributed by atoms with Crippen molar-refractivity contribution in [2.75, 3.05) is 14.1 Å². The number of nitrogens with zero attached hydrogens (tertiary/aromatic N) is 3. The van der Waals surface area contributed by atoms with Crippen LogP contribution < -0.4 is 0 Å². The zero-order valence-corrected chi connectivity index (χ0v) is 12.5. The number of carbonyl (C=O) groups is 1. The normalized spacial score (nSPS) is 12.2. The molecule has 5 heteroatoms. The van der Waals surface area contributed by atoms with Gasteiger partial charge in [-0.25, -0.2) is 0 Å². The monoisotopic (exact) mass is 321 g/mol. The van der Waals surface area contributed by atoms with Crippen molar-refractivity contribution in [3.05, 3.63) is 42.6 Å². The molecule has 19 heavy (non-hydrogen) atoms. The number of amides is 1. The van der Waals surface area contributed by atoms with Gasteiger partial charge in [-0.05, 0) is 6.07 Å². The molecular weight excluding hydrogens is 306 g/mol. The van der Waals surface area contributed by atoms with Gasteiger partial charge in [0, 0.05) is 25.9 Å². The Labute approximate surface area is 121 Å². The predicted octanol–water partition coefficient (Wildman–Crippen LogP) is 2.40. The first kappa shape index (κ1) is 13.8. The molecule has 2 rings (SSSR count). The van der Waals surface area contributed by atoms with Gasteiger partial charge < -0.3 is 4.90 Å². The van der Waals surface area contributed by atoms with Crippen LogP contribution in [0.15, 0.2) is 42.6 Å². The van der Waals surface area contributed by atoms with Gasteiger partial charge in [0.25, 0.3) is 0 Å². The van der Waals surface area contributed by atoms with Crippen molar-refractivity contribution < 1.29 is 4.79 Å². The summed E-state index contributed by atoms with van der Waals surface area (Å²) >= 11 is 3.39. The molecule has 2 aromatic rings. The SMILES string of the molecule is CN(C)C(=O)C(Br)Cn1ccc(-c2ccccc2)n1. The summed E-state index contributed by atoms with van der Waals surface area (Å²) in [6, 6.07) is 11.9. The molecule has 4 nitrogen and oxygen atoms in total. The van der Waals surface area contributed by atoms with Crippen molar-refractivity contribution in [2.24, 2.45) is 0 Å². The highest BCUT2D eigenvalue weighted by atomic mass is 79.9. The molecule has 0 radical (unpaired) electrons. The molecule has 1 amide bonds. The Hall–Kier alpha value is -1.62. The van der Waals surface area contributed by atoms with Crippen LogP contribution in [-0.2, 0) is 11.3 Å². The van der Waals surface area contributed by atoms with Gasteiger partial charge in [0.15, 0.2) is 0 Å². The lowest BCUT2D eigenvalue weighted by Crippen LogP contribution is -2.32. The van der Waals surface area contributed by atoms with Gasteiger partial charge in [-0.3, -0.25) is 9.48 Å². The van der Waals surface area contributed by atoms with E-state index in [1.54, 1.807) is 23.7 Å². The molecule has 1 aromatic heterocycles. The van der Waals surface area contributed by atoms with Gasteiger partial charge in [-0.15, -0.1) is 0 Å². The van der Waals surface area contributed by atoms with E-state index >= 15 is 0 Å². The van der Waals surface area contributed by atoms with E-state index in [0.29, 0.717) is 6.54 Å². The third kappa shape index (κ3) is 3.44. The fraction of sp³-hybridized carbons (Fsp3) is 0.286. The lowest BCUT2D eigenvalue weighted by atomic mass is 10.2. The van der Waals surface area contributed by atoms with Crippen molar-refractivity contribution in [1.82, 2.24) is 14.7 Å². The van der Waals surface area contributed by atoms with Gasteiger partial charge in [-0.1, -0.05) is 46.3 Å².